The third-order valence-corrected chi connectivity index (χ3v) is 11.6. The van der Waals surface area contributed by atoms with Crippen LogP contribution in [-0.2, 0) is 38.1 Å². The summed E-state index contributed by atoms with van der Waals surface area (Å²) < 4.78 is 55.4. The molecule has 0 spiro atoms. The number of hydrogen-bond acceptors (Lipinski definition) is 26. The largest absolute Gasteiger partial charge is 0.504 e. The lowest BCUT2D eigenvalue weighted by Crippen LogP contribution is -2.60. The highest BCUT2D eigenvalue weighted by Gasteiger charge is 2.48. The van der Waals surface area contributed by atoms with Crippen LogP contribution in [0.1, 0.15) is 12.0 Å². The number of rotatable bonds is 17. The smallest absolute Gasteiger partial charge is 0.330 e. The standard InChI is InChI=1S/C46H50O27/c1-64-25-8-17(2-5-21(25)48)3-7-32(53)65-15-29-35(56)38(59)40(61)44(72-29)67-19-10-23(50)20-12-27(70-46-42(63)39(60)36(57)30(73-46)16-66-33(54)13-31(51)52)43(68-24(20)11-19)18-4-6-22(49)26(9-18)69-45-41(62)37(58)34(55)28(14-47)71-45/h2-12,28-30,34-42,44-49,55-63H,13-16H2,1H3,(H,51,52)/t28-,29-,30+,34-,35-,36-,37-,38-,39-,40-,41-,42+,44+,45+,46+/m0/s1. The second-order valence-electron chi connectivity index (χ2n) is 16.7. The Morgan fingerprint density at radius 2 is 1.16 bits per heavy atom. The van der Waals surface area contributed by atoms with Gasteiger partial charge in [0.05, 0.1) is 19.3 Å². The fraction of sp³-hybridized carbons (Fsp3) is 0.435. The minimum atomic E-state index is -2.08. The highest BCUT2D eigenvalue weighted by atomic mass is 16.7. The van der Waals surface area contributed by atoms with Crippen molar-refractivity contribution in [3.05, 3.63) is 76.5 Å². The van der Waals surface area contributed by atoms with Gasteiger partial charge in [0.15, 0.2) is 39.9 Å². The van der Waals surface area contributed by atoms with E-state index in [0.717, 1.165) is 36.4 Å². The molecule has 27 nitrogen and oxygen atoms in total. The molecule has 0 bridgehead atoms. The molecule has 2 aromatic rings. The van der Waals surface area contributed by atoms with Crippen LogP contribution >= 0.6 is 0 Å². The number of carboxylic acids is 1. The summed E-state index contributed by atoms with van der Waals surface area (Å²) in [5.41, 5.74) is -0.850. The summed E-state index contributed by atoms with van der Waals surface area (Å²) in [6.07, 6.45) is -26.3. The molecule has 0 radical (unpaired) electrons. The average molecular weight is 1030 g/mol. The maximum atomic E-state index is 13.8. The normalized spacial score (nSPS) is 30.4. The quantitative estimate of drug-likeness (QED) is 0.0279. The molecule has 0 saturated carbocycles. The highest BCUT2D eigenvalue weighted by molar-refractivity contribution is 5.90. The predicted octanol–water partition coefficient (Wildman–Crippen LogP) is -3.34. The van der Waals surface area contributed by atoms with E-state index in [9.17, 15) is 80.5 Å². The number of phenols is 2. The molecule has 1 aliphatic carbocycles. The number of aliphatic carboxylic acids is 1. The molecule has 4 aliphatic heterocycles. The van der Waals surface area contributed by atoms with Gasteiger partial charge in [0.2, 0.25) is 18.9 Å². The molecule has 27 heteroatoms. The van der Waals surface area contributed by atoms with Crippen LogP contribution in [-0.4, -0.2) is 203 Å². The summed E-state index contributed by atoms with van der Waals surface area (Å²) in [7, 11) is 1.33. The number of aromatic hydroxyl groups is 2. The Bertz CT molecular complexity index is 2650. The molecule has 5 aliphatic rings. The first kappa shape index (κ1) is 54.1. The van der Waals surface area contributed by atoms with E-state index in [-0.39, 0.29) is 34.1 Å². The van der Waals surface area contributed by atoms with Gasteiger partial charge in [0.1, 0.15) is 104 Å². The van der Waals surface area contributed by atoms with Crippen LogP contribution in [0.4, 0.5) is 0 Å². The molecule has 0 amide bonds. The van der Waals surface area contributed by atoms with Crippen molar-refractivity contribution in [2.75, 3.05) is 26.9 Å². The molecular formula is C46H50O27. The van der Waals surface area contributed by atoms with Gasteiger partial charge in [0, 0.05) is 23.8 Å². The van der Waals surface area contributed by atoms with E-state index in [2.05, 4.69) is 0 Å². The van der Waals surface area contributed by atoms with Gasteiger partial charge in [-0.15, -0.1) is 0 Å². The van der Waals surface area contributed by atoms with Crippen LogP contribution in [0.15, 0.2) is 69.9 Å². The predicted molar refractivity (Wildman–Crippen MR) is 236 cm³/mol. The van der Waals surface area contributed by atoms with Gasteiger partial charge in [-0.3, -0.25) is 14.4 Å². The second-order valence-corrected chi connectivity index (χ2v) is 16.7. The van der Waals surface area contributed by atoms with E-state index in [1.807, 2.05) is 0 Å². The third-order valence-electron chi connectivity index (χ3n) is 11.6. The van der Waals surface area contributed by atoms with Crippen LogP contribution in [0.3, 0.4) is 0 Å². The number of aliphatic hydroxyl groups is 10. The minimum Gasteiger partial charge on any atom is -0.504 e. The molecule has 3 saturated heterocycles. The number of carboxylic acid groups (broad SMARTS) is 1. The van der Waals surface area contributed by atoms with Gasteiger partial charge in [-0.05, 0) is 48.0 Å². The maximum absolute atomic E-state index is 13.8. The SMILES string of the molecule is COc1cc(C=CC(=O)OC[C@@H]2O[C@@H](Oc3cc4oc(-c5ccc(O)c(O[C@@H]6O[C@@H](CO)[C@H](O)[C@H](O)[C@@H]6O)c5)c(O[C@@H]5O[C@H](COC(=O)CC(=O)O)[C@H](O)[C@H](O)[C@H]5O)cc-4c(=O)c3)[C@@H](O)[C@@H](O)[C@H]2O)ccc1O. The summed E-state index contributed by atoms with van der Waals surface area (Å²) in [6.45, 7) is -2.34. The lowest BCUT2D eigenvalue weighted by atomic mass is 9.99. The molecule has 4 heterocycles. The van der Waals surface area contributed by atoms with Crippen LogP contribution < -0.4 is 24.4 Å². The van der Waals surface area contributed by atoms with Crippen molar-refractivity contribution < 1.29 is 128 Å². The minimum absolute atomic E-state index is 0.115. The zero-order valence-corrected chi connectivity index (χ0v) is 37.9. The lowest BCUT2D eigenvalue weighted by Gasteiger charge is -2.40. The Kier molecular flexibility index (Phi) is 17.1. The number of phenolic OH excluding ortho intramolecular Hbond substituents is 2. The number of ether oxygens (including phenoxy) is 9. The van der Waals surface area contributed by atoms with Gasteiger partial charge in [-0.25, -0.2) is 4.79 Å². The van der Waals surface area contributed by atoms with E-state index in [1.165, 1.54) is 37.5 Å². The summed E-state index contributed by atoms with van der Waals surface area (Å²) in [5, 5.41) is 135. The third kappa shape index (κ3) is 12.2. The number of benzene rings is 3. The number of aliphatic hydroxyl groups excluding tert-OH is 10. The first-order valence-electron chi connectivity index (χ1n) is 21.9. The number of fused-ring (bicyclic) bond motifs is 1. The molecule has 2 aromatic carbocycles. The zero-order chi connectivity index (χ0) is 53.0. The summed E-state index contributed by atoms with van der Waals surface area (Å²) in [4.78, 5) is 49.4. The van der Waals surface area contributed by atoms with Gasteiger partial charge >= 0.3 is 17.9 Å². The number of carbonyl (C=O) groups is 3. The Hall–Kier alpha value is -6.70. The summed E-state index contributed by atoms with van der Waals surface area (Å²) in [6, 6.07) is 10.6. The fourth-order valence-corrected chi connectivity index (χ4v) is 7.64. The Morgan fingerprint density at radius 3 is 1.77 bits per heavy atom. The molecule has 0 aromatic heterocycles. The van der Waals surface area contributed by atoms with E-state index in [1.54, 1.807) is 0 Å². The molecule has 396 valence electrons. The van der Waals surface area contributed by atoms with E-state index in [4.69, 9.17) is 52.2 Å². The van der Waals surface area contributed by atoms with Gasteiger partial charge in [0.25, 0.3) is 0 Å². The average Bonchev–Trinajstić information content (AvgIpc) is 3.36. The Morgan fingerprint density at radius 1 is 0.616 bits per heavy atom. The first-order chi connectivity index (χ1) is 34.7. The van der Waals surface area contributed by atoms with Crippen molar-refractivity contribution in [3.63, 3.8) is 0 Å². The molecule has 13 N–H and O–H groups in total. The van der Waals surface area contributed by atoms with Crippen LogP contribution in [0, 0.1) is 0 Å². The van der Waals surface area contributed by atoms with Crippen molar-refractivity contribution in [1.29, 1.82) is 0 Å². The summed E-state index contributed by atoms with van der Waals surface area (Å²) >= 11 is 0. The van der Waals surface area contributed by atoms with Crippen LogP contribution in [0.2, 0.25) is 0 Å². The first-order valence-corrected chi connectivity index (χ1v) is 21.9. The number of methoxy groups -OCH3 is 1. The van der Waals surface area contributed by atoms with Crippen molar-refractivity contribution in [3.8, 4) is 57.1 Å². The molecule has 7 rings (SSSR count). The second kappa shape index (κ2) is 23.0. The van der Waals surface area contributed by atoms with Crippen molar-refractivity contribution in [1.82, 2.24) is 0 Å². The topological polar surface area (TPSA) is 427 Å². The van der Waals surface area contributed by atoms with Gasteiger partial charge in [-0.1, -0.05) is 6.07 Å². The van der Waals surface area contributed by atoms with Gasteiger partial charge in [-0.2, -0.15) is 0 Å². The zero-order valence-electron chi connectivity index (χ0n) is 37.9. The molecular weight excluding hydrogens is 984 g/mol. The fourth-order valence-electron chi connectivity index (χ4n) is 7.64. The Balaban J connectivity index is 1.19. The van der Waals surface area contributed by atoms with Crippen molar-refractivity contribution in [2.45, 2.75) is 98.5 Å². The highest BCUT2D eigenvalue weighted by Crippen LogP contribution is 2.43. The maximum Gasteiger partial charge on any atom is 0.330 e. The number of carbonyl (C=O) groups excluding carboxylic acids is 2. The Labute approximate surface area is 410 Å². The van der Waals surface area contributed by atoms with E-state index >= 15 is 0 Å². The van der Waals surface area contributed by atoms with E-state index in [0.29, 0.717) is 5.56 Å². The monoisotopic (exact) mass is 1030 g/mol. The van der Waals surface area contributed by atoms with Crippen LogP contribution in [0.25, 0.3) is 28.7 Å². The number of hydrogen-bond donors (Lipinski definition) is 13. The lowest BCUT2D eigenvalue weighted by molar-refractivity contribution is -0.278. The van der Waals surface area contributed by atoms with Crippen molar-refractivity contribution in [2.24, 2.45) is 0 Å². The number of esters is 2. The van der Waals surface area contributed by atoms with Crippen LogP contribution in [0.5, 0.6) is 34.5 Å². The molecule has 3 fully saturated rings. The van der Waals surface area contributed by atoms with Gasteiger partial charge < -0.3 is 113 Å². The van der Waals surface area contributed by atoms with E-state index < -0.39 is 165 Å². The van der Waals surface area contributed by atoms with Crippen molar-refractivity contribution >= 4 is 24.0 Å². The molecule has 15 atom stereocenters. The molecule has 73 heavy (non-hydrogen) atoms. The molecule has 0 unspecified atom stereocenters. The summed E-state index contributed by atoms with van der Waals surface area (Å²) in [5.74, 6) is -6.39.